The lowest BCUT2D eigenvalue weighted by atomic mass is 10.1. The molecular formula is C12H15FN4. The number of nitrogens with zero attached hydrogens (tertiary/aromatic N) is 3. The van der Waals surface area contributed by atoms with Crippen molar-refractivity contribution in [3.63, 3.8) is 0 Å². The standard InChI is InChI=1S/C12H15FN4/c1-9(10-3-5-11(13)6-4-10)14-7-12-16-15-8-17(12)2/h3-6,8-9,14H,7H2,1-2H3. The summed E-state index contributed by atoms with van der Waals surface area (Å²) in [5.41, 5.74) is 1.05. The summed E-state index contributed by atoms with van der Waals surface area (Å²) in [6.07, 6.45) is 1.67. The Hall–Kier alpha value is -1.75. The van der Waals surface area contributed by atoms with Crippen LogP contribution in [0.3, 0.4) is 0 Å². The van der Waals surface area contributed by atoms with Crippen LogP contribution in [0.25, 0.3) is 0 Å². The van der Waals surface area contributed by atoms with Gasteiger partial charge in [-0.15, -0.1) is 10.2 Å². The Balaban J connectivity index is 1.95. The monoisotopic (exact) mass is 234 g/mol. The van der Waals surface area contributed by atoms with Gasteiger partial charge in [0.05, 0.1) is 6.54 Å². The molecule has 2 aromatic rings. The highest BCUT2D eigenvalue weighted by Gasteiger charge is 2.07. The first-order valence-corrected chi connectivity index (χ1v) is 5.48. The maximum Gasteiger partial charge on any atom is 0.146 e. The maximum absolute atomic E-state index is 12.8. The van der Waals surface area contributed by atoms with E-state index in [2.05, 4.69) is 15.5 Å². The molecule has 1 aromatic carbocycles. The molecule has 0 saturated carbocycles. The normalized spacial score (nSPS) is 12.6. The van der Waals surface area contributed by atoms with Gasteiger partial charge in [-0.1, -0.05) is 12.1 Å². The van der Waals surface area contributed by atoms with Crippen molar-refractivity contribution < 1.29 is 4.39 Å². The third-order valence-corrected chi connectivity index (χ3v) is 2.74. The average Bonchev–Trinajstić information content (AvgIpc) is 2.73. The zero-order valence-electron chi connectivity index (χ0n) is 9.89. The van der Waals surface area contributed by atoms with Crippen molar-refractivity contribution >= 4 is 0 Å². The molecule has 1 heterocycles. The minimum atomic E-state index is -0.214. The number of halogens is 1. The van der Waals surface area contributed by atoms with E-state index < -0.39 is 0 Å². The van der Waals surface area contributed by atoms with E-state index in [1.807, 2.05) is 18.5 Å². The zero-order chi connectivity index (χ0) is 12.3. The number of rotatable bonds is 4. The Bertz CT molecular complexity index is 478. The van der Waals surface area contributed by atoms with Crippen LogP contribution < -0.4 is 5.32 Å². The first kappa shape index (κ1) is 11.7. The minimum Gasteiger partial charge on any atom is -0.320 e. The number of hydrogen-bond acceptors (Lipinski definition) is 3. The molecule has 0 aliphatic heterocycles. The molecule has 0 aliphatic rings. The minimum absolute atomic E-state index is 0.146. The Labute approximate surface area is 99.5 Å². The second kappa shape index (κ2) is 5.05. The van der Waals surface area contributed by atoms with Crippen molar-refractivity contribution in [2.75, 3.05) is 0 Å². The van der Waals surface area contributed by atoms with Gasteiger partial charge < -0.3 is 9.88 Å². The van der Waals surface area contributed by atoms with Crippen LogP contribution in [0.1, 0.15) is 24.4 Å². The molecule has 0 fully saturated rings. The zero-order valence-corrected chi connectivity index (χ0v) is 9.89. The van der Waals surface area contributed by atoms with E-state index in [0.29, 0.717) is 6.54 Å². The number of nitrogens with one attached hydrogen (secondary N) is 1. The molecule has 90 valence electrons. The molecule has 1 unspecified atom stereocenters. The van der Waals surface area contributed by atoms with Crippen LogP contribution in [0.5, 0.6) is 0 Å². The van der Waals surface area contributed by atoms with Gasteiger partial charge in [0.1, 0.15) is 18.0 Å². The Kier molecular flexibility index (Phi) is 3.49. The molecule has 2 rings (SSSR count). The van der Waals surface area contributed by atoms with Crippen molar-refractivity contribution in [3.05, 3.63) is 47.8 Å². The largest absolute Gasteiger partial charge is 0.320 e. The van der Waals surface area contributed by atoms with Crippen LogP contribution in [0.15, 0.2) is 30.6 Å². The smallest absolute Gasteiger partial charge is 0.146 e. The van der Waals surface area contributed by atoms with Gasteiger partial charge in [-0.3, -0.25) is 0 Å². The Morgan fingerprint density at radius 2 is 2.06 bits per heavy atom. The summed E-state index contributed by atoms with van der Waals surface area (Å²) in [5.74, 6) is 0.660. The molecule has 0 bridgehead atoms. The van der Waals surface area contributed by atoms with Crippen LogP contribution in [0, 0.1) is 5.82 Å². The predicted molar refractivity (Wildman–Crippen MR) is 62.7 cm³/mol. The maximum atomic E-state index is 12.8. The summed E-state index contributed by atoms with van der Waals surface area (Å²) < 4.78 is 14.6. The molecule has 1 atom stereocenters. The van der Waals surface area contributed by atoms with E-state index in [1.54, 1.807) is 18.5 Å². The van der Waals surface area contributed by atoms with E-state index in [-0.39, 0.29) is 11.9 Å². The highest BCUT2D eigenvalue weighted by molar-refractivity contribution is 5.19. The number of benzene rings is 1. The molecule has 0 spiro atoms. The van der Waals surface area contributed by atoms with E-state index in [4.69, 9.17) is 0 Å². The molecule has 0 radical (unpaired) electrons. The summed E-state index contributed by atoms with van der Waals surface area (Å²) in [7, 11) is 1.90. The molecule has 4 nitrogen and oxygen atoms in total. The van der Waals surface area contributed by atoms with Gasteiger partial charge in [-0.25, -0.2) is 4.39 Å². The Morgan fingerprint density at radius 1 is 1.35 bits per heavy atom. The van der Waals surface area contributed by atoms with Crippen molar-refractivity contribution in [1.29, 1.82) is 0 Å². The molecule has 1 aromatic heterocycles. The van der Waals surface area contributed by atoms with Crippen molar-refractivity contribution in [2.45, 2.75) is 19.5 Å². The van der Waals surface area contributed by atoms with E-state index in [9.17, 15) is 4.39 Å². The third kappa shape index (κ3) is 2.88. The third-order valence-electron chi connectivity index (χ3n) is 2.74. The van der Waals surface area contributed by atoms with E-state index in [1.165, 1.54) is 12.1 Å². The van der Waals surface area contributed by atoms with Gasteiger partial charge in [0, 0.05) is 13.1 Å². The second-order valence-corrected chi connectivity index (χ2v) is 4.01. The van der Waals surface area contributed by atoms with E-state index in [0.717, 1.165) is 11.4 Å². The van der Waals surface area contributed by atoms with Crippen LogP contribution in [-0.2, 0) is 13.6 Å². The summed E-state index contributed by atoms with van der Waals surface area (Å²) in [6, 6.07) is 6.64. The fourth-order valence-electron chi connectivity index (χ4n) is 1.58. The van der Waals surface area contributed by atoms with Gasteiger partial charge in [-0.05, 0) is 24.6 Å². The molecule has 0 amide bonds. The fraction of sp³-hybridized carbons (Fsp3) is 0.333. The molecule has 5 heteroatoms. The SMILES string of the molecule is CC(NCc1nncn1C)c1ccc(F)cc1. The predicted octanol–water partition coefficient (Wildman–Crippen LogP) is 1.80. The van der Waals surface area contributed by atoms with Gasteiger partial charge in [0.2, 0.25) is 0 Å². The lowest BCUT2D eigenvalue weighted by Gasteiger charge is -2.13. The lowest BCUT2D eigenvalue weighted by molar-refractivity contribution is 0.546. The van der Waals surface area contributed by atoms with Crippen molar-refractivity contribution in [2.24, 2.45) is 7.05 Å². The summed E-state index contributed by atoms with van der Waals surface area (Å²) in [4.78, 5) is 0. The van der Waals surface area contributed by atoms with Gasteiger partial charge in [-0.2, -0.15) is 0 Å². The van der Waals surface area contributed by atoms with Crippen molar-refractivity contribution in [3.8, 4) is 0 Å². The molecule has 17 heavy (non-hydrogen) atoms. The molecular weight excluding hydrogens is 219 g/mol. The molecule has 0 aliphatic carbocycles. The van der Waals surface area contributed by atoms with Gasteiger partial charge >= 0.3 is 0 Å². The van der Waals surface area contributed by atoms with Crippen LogP contribution in [0.2, 0.25) is 0 Å². The quantitative estimate of drug-likeness (QED) is 0.877. The van der Waals surface area contributed by atoms with Crippen LogP contribution >= 0.6 is 0 Å². The summed E-state index contributed by atoms with van der Waals surface area (Å²) >= 11 is 0. The highest BCUT2D eigenvalue weighted by atomic mass is 19.1. The molecule has 1 N–H and O–H groups in total. The number of aromatic nitrogens is 3. The lowest BCUT2D eigenvalue weighted by Crippen LogP contribution is -2.20. The first-order valence-electron chi connectivity index (χ1n) is 5.48. The molecule has 0 saturated heterocycles. The fourth-order valence-corrected chi connectivity index (χ4v) is 1.58. The summed E-state index contributed by atoms with van der Waals surface area (Å²) in [6.45, 7) is 2.67. The highest BCUT2D eigenvalue weighted by Crippen LogP contribution is 2.13. The van der Waals surface area contributed by atoms with Gasteiger partial charge in [0.15, 0.2) is 0 Å². The van der Waals surface area contributed by atoms with Crippen LogP contribution in [-0.4, -0.2) is 14.8 Å². The van der Waals surface area contributed by atoms with Gasteiger partial charge in [0.25, 0.3) is 0 Å². The van der Waals surface area contributed by atoms with E-state index >= 15 is 0 Å². The Morgan fingerprint density at radius 3 is 2.65 bits per heavy atom. The number of hydrogen-bond donors (Lipinski definition) is 1. The summed E-state index contributed by atoms with van der Waals surface area (Å²) in [5, 5.41) is 11.1. The average molecular weight is 234 g/mol. The first-order chi connectivity index (χ1) is 8.16. The van der Waals surface area contributed by atoms with Crippen molar-refractivity contribution in [1.82, 2.24) is 20.1 Å². The second-order valence-electron chi connectivity index (χ2n) is 4.01. The van der Waals surface area contributed by atoms with Crippen LogP contribution in [0.4, 0.5) is 4.39 Å². The number of aryl methyl sites for hydroxylation is 1. The topological polar surface area (TPSA) is 42.7 Å².